The number of morpholine rings is 1. The number of imidazole rings is 1. The molecule has 2 N–H and O–H groups in total. The molecule has 0 saturated carbocycles. The summed E-state index contributed by atoms with van der Waals surface area (Å²) < 4.78 is 13.0. The second-order valence-corrected chi connectivity index (χ2v) is 10.2. The molecule has 1 aliphatic rings. The first kappa shape index (κ1) is 26.8. The second-order valence-electron chi connectivity index (χ2n) is 10.2. The lowest BCUT2D eigenvalue weighted by Crippen LogP contribution is -2.36. The lowest BCUT2D eigenvalue weighted by atomic mass is 10.1. The lowest BCUT2D eigenvalue weighted by molar-refractivity contribution is 0.102. The molecule has 2 aromatic heterocycles. The highest BCUT2D eigenvalue weighted by Crippen LogP contribution is 2.25. The predicted octanol–water partition coefficient (Wildman–Crippen LogP) is 3.99. The fourth-order valence-corrected chi connectivity index (χ4v) is 4.88. The zero-order valence-corrected chi connectivity index (χ0v) is 22.8. The molecule has 5 rings (SSSR count). The summed E-state index contributed by atoms with van der Waals surface area (Å²) in [5.41, 5.74) is 4.79. The number of aromatic nitrogens is 4. The van der Waals surface area contributed by atoms with Crippen LogP contribution in [0.4, 0.5) is 11.6 Å². The van der Waals surface area contributed by atoms with Crippen LogP contribution in [0.15, 0.2) is 41.2 Å². The van der Waals surface area contributed by atoms with Crippen molar-refractivity contribution >= 4 is 39.6 Å². The van der Waals surface area contributed by atoms with Crippen LogP contribution in [0.3, 0.4) is 0 Å². The zero-order valence-electron chi connectivity index (χ0n) is 22.8. The number of H-pyrrole nitrogens is 1. The molecule has 39 heavy (non-hydrogen) atoms. The summed E-state index contributed by atoms with van der Waals surface area (Å²) in [6.07, 6.45) is 1.36. The molecule has 4 aromatic rings. The summed E-state index contributed by atoms with van der Waals surface area (Å²) in [6.45, 7) is 11.0. The molecule has 2 aromatic carbocycles. The van der Waals surface area contributed by atoms with E-state index in [-0.39, 0.29) is 11.5 Å². The number of aryl methyl sites for hydroxylation is 1. The van der Waals surface area contributed by atoms with Crippen LogP contribution in [0.2, 0.25) is 0 Å². The van der Waals surface area contributed by atoms with Crippen molar-refractivity contribution in [3.63, 3.8) is 0 Å². The molecule has 0 unspecified atom stereocenters. The number of hydrogen-bond acceptors (Lipinski definition) is 7. The van der Waals surface area contributed by atoms with Crippen LogP contribution in [0.25, 0.3) is 22.1 Å². The molecular formula is C29H36N6O4. The Hall–Kier alpha value is -3.76. The van der Waals surface area contributed by atoms with Crippen molar-refractivity contribution in [3.05, 3.63) is 58.0 Å². The van der Waals surface area contributed by atoms with E-state index in [1.807, 2.05) is 47.9 Å². The van der Waals surface area contributed by atoms with Crippen LogP contribution < -0.4 is 15.8 Å². The maximum absolute atomic E-state index is 13.3. The van der Waals surface area contributed by atoms with E-state index in [9.17, 15) is 9.59 Å². The van der Waals surface area contributed by atoms with Gasteiger partial charge in [-0.15, -0.1) is 0 Å². The smallest absolute Gasteiger partial charge is 0.270 e. The number of fused-ring (bicyclic) bond motifs is 2. The molecule has 10 heteroatoms. The number of anilines is 2. The van der Waals surface area contributed by atoms with Gasteiger partial charge in [0, 0.05) is 44.1 Å². The number of carbonyl (C=O) groups excluding carboxylic acids is 1. The average molecular weight is 533 g/mol. The number of amides is 1. The van der Waals surface area contributed by atoms with Crippen molar-refractivity contribution in [1.29, 1.82) is 0 Å². The zero-order chi connectivity index (χ0) is 27.4. The van der Waals surface area contributed by atoms with Gasteiger partial charge >= 0.3 is 0 Å². The van der Waals surface area contributed by atoms with Crippen molar-refractivity contribution in [2.75, 3.05) is 49.7 Å². The third-order valence-electron chi connectivity index (χ3n) is 6.84. The van der Waals surface area contributed by atoms with Gasteiger partial charge in [0.1, 0.15) is 5.69 Å². The number of benzene rings is 2. The number of ether oxygens (including phenoxy) is 2. The molecule has 1 amide bonds. The maximum Gasteiger partial charge on any atom is 0.270 e. The summed E-state index contributed by atoms with van der Waals surface area (Å²) >= 11 is 0. The Labute approximate surface area is 227 Å². The minimum atomic E-state index is -0.236. The third kappa shape index (κ3) is 6.12. The molecule has 1 aliphatic heterocycles. The first-order chi connectivity index (χ1) is 18.9. The van der Waals surface area contributed by atoms with E-state index in [1.165, 1.54) is 0 Å². The van der Waals surface area contributed by atoms with Gasteiger partial charge in [-0.25, -0.2) is 9.97 Å². The van der Waals surface area contributed by atoms with Gasteiger partial charge in [-0.1, -0.05) is 13.8 Å². The molecule has 3 heterocycles. The highest BCUT2D eigenvalue weighted by Gasteiger charge is 2.18. The van der Waals surface area contributed by atoms with E-state index in [0.29, 0.717) is 79.1 Å². The molecule has 0 radical (unpaired) electrons. The summed E-state index contributed by atoms with van der Waals surface area (Å²) in [4.78, 5) is 40.4. The summed E-state index contributed by atoms with van der Waals surface area (Å²) in [5.74, 6) is 0.526. The average Bonchev–Trinajstić information content (AvgIpc) is 3.26. The molecule has 1 fully saturated rings. The second kappa shape index (κ2) is 12.0. The molecular weight excluding hydrogens is 496 g/mol. The first-order valence-corrected chi connectivity index (χ1v) is 13.7. The van der Waals surface area contributed by atoms with E-state index >= 15 is 0 Å². The third-order valence-corrected chi connectivity index (χ3v) is 6.84. The lowest BCUT2D eigenvalue weighted by Gasteiger charge is -2.28. The van der Waals surface area contributed by atoms with Crippen molar-refractivity contribution < 1.29 is 14.3 Å². The maximum atomic E-state index is 13.3. The van der Waals surface area contributed by atoms with Crippen molar-refractivity contribution in [2.24, 2.45) is 5.92 Å². The van der Waals surface area contributed by atoms with Crippen molar-refractivity contribution in [1.82, 2.24) is 19.5 Å². The molecule has 1 saturated heterocycles. The summed E-state index contributed by atoms with van der Waals surface area (Å²) in [7, 11) is 0. The van der Waals surface area contributed by atoms with Gasteiger partial charge in [0.05, 0.1) is 35.3 Å². The monoisotopic (exact) mass is 532 g/mol. The van der Waals surface area contributed by atoms with E-state index in [0.717, 1.165) is 30.7 Å². The normalized spacial score (nSPS) is 14.0. The summed E-state index contributed by atoms with van der Waals surface area (Å²) in [5, 5.41) is 3.01. The number of carbonyl (C=O) groups is 1. The number of aromatic amines is 1. The van der Waals surface area contributed by atoms with Crippen LogP contribution >= 0.6 is 0 Å². The minimum Gasteiger partial charge on any atom is -0.382 e. The molecule has 0 spiro atoms. The Kier molecular flexibility index (Phi) is 8.23. The van der Waals surface area contributed by atoms with E-state index in [2.05, 4.69) is 34.0 Å². The number of nitrogens with zero attached hydrogens (tertiary/aromatic N) is 4. The number of hydrogen-bond donors (Lipinski definition) is 2. The van der Waals surface area contributed by atoms with Crippen LogP contribution in [-0.2, 0) is 22.4 Å². The number of nitrogens with one attached hydrogen (secondary N) is 2. The van der Waals surface area contributed by atoms with E-state index in [1.54, 1.807) is 0 Å². The summed E-state index contributed by atoms with van der Waals surface area (Å²) in [6, 6.07) is 11.4. The van der Waals surface area contributed by atoms with Crippen LogP contribution in [-0.4, -0.2) is 64.9 Å². The topological polar surface area (TPSA) is 114 Å². The molecule has 10 nitrogen and oxygen atoms in total. The van der Waals surface area contributed by atoms with Crippen molar-refractivity contribution in [3.8, 4) is 0 Å². The van der Waals surface area contributed by atoms with Gasteiger partial charge in [0.15, 0.2) is 0 Å². The van der Waals surface area contributed by atoms with Gasteiger partial charge in [-0.3, -0.25) is 14.9 Å². The van der Waals surface area contributed by atoms with Gasteiger partial charge in [-0.2, -0.15) is 0 Å². The van der Waals surface area contributed by atoms with E-state index < -0.39 is 0 Å². The molecule has 0 aliphatic carbocycles. The largest absolute Gasteiger partial charge is 0.382 e. The minimum absolute atomic E-state index is 0.180. The van der Waals surface area contributed by atoms with Crippen molar-refractivity contribution in [2.45, 2.75) is 40.2 Å². The molecule has 0 bridgehead atoms. The first-order valence-electron chi connectivity index (χ1n) is 13.7. The van der Waals surface area contributed by atoms with Gasteiger partial charge in [0.25, 0.3) is 11.5 Å². The van der Waals surface area contributed by atoms with Gasteiger partial charge < -0.3 is 23.9 Å². The Balaban J connectivity index is 1.45. The molecule has 0 atom stereocenters. The quantitative estimate of drug-likeness (QED) is 0.297. The standard InChI is InChI=1S/C29H36N6O4/c1-4-38-13-5-10-35-26-18-23-22(31-28(37)25(30-23)16-19(2)3)17-24(26)32-29(35)33-27(36)20-6-8-21(9-7-20)34-11-14-39-15-12-34/h6-9,17-19H,4-5,10-16H2,1-3H3,(H,31,37)(H,32,33,36). The van der Waals surface area contributed by atoms with Gasteiger partial charge in [0.2, 0.25) is 5.95 Å². The highest BCUT2D eigenvalue weighted by atomic mass is 16.5. The fourth-order valence-electron chi connectivity index (χ4n) is 4.88. The Morgan fingerprint density at radius 1 is 1.13 bits per heavy atom. The highest BCUT2D eigenvalue weighted by molar-refractivity contribution is 6.04. The SMILES string of the molecule is CCOCCCn1c(NC(=O)c2ccc(N3CCOCC3)cc2)nc2cc3[nH]c(=O)c(CC(C)C)nc3cc21. The molecule has 206 valence electrons. The van der Waals surface area contributed by atoms with E-state index in [4.69, 9.17) is 14.5 Å². The number of rotatable bonds is 10. The Bertz CT molecular complexity index is 1500. The Morgan fingerprint density at radius 3 is 2.62 bits per heavy atom. The van der Waals surface area contributed by atoms with Crippen LogP contribution in [0, 0.1) is 5.92 Å². The predicted molar refractivity (Wildman–Crippen MR) is 153 cm³/mol. The van der Waals surface area contributed by atoms with Gasteiger partial charge in [-0.05, 0) is 62.1 Å². The Morgan fingerprint density at radius 2 is 1.90 bits per heavy atom. The van der Waals surface area contributed by atoms with Crippen LogP contribution in [0.5, 0.6) is 0 Å². The fraction of sp³-hybridized carbons (Fsp3) is 0.448. The van der Waals surface area contributed by atoms with Crippen LogP contribution in [0.1, 0.15) is 43.2 Å².